The molecular formula is C20H17ClO5. The van der Waals surface area contributed by atoms with E-state index in [2.05, 4.69) is 0 Å². The van der Waals surface area contributed by atoms with Crippen LogP contribution >= 0.6 is 11.6 Å². The van der Waals surface area contributed by atoms with E-state index in [4.69, 9.17) is 20.8 Å². The zero-order chi connectivity index (χ0) is 18.7. The maximum absolute atomic E-state index is 12.1. The molecular weight excluding hydrogens is 356 g/mol. The first kappa shape index (κ1) is 18.0. The zero-order valence-electron chi connectivity index (χ0n) is 14.1. The second-order valence-corrected chi connectivity index (χ2v) is 6.32. The SMILES string of the molecule is CCc1cc2c(COC(=O)Cc3ccc(Cl)cc3)cc(=O)oc2cc1O. The van der Waals surface area contributed by atoms with Crippen LogP contribution in [0, 0.1) is 0 Å². The number of rotatable bonds is 5. The highest BCUT2D eigenvalue weighted by Crippen LogP contribution is 2.27. The largest absolute Gasteiger partial charge is 0.508 e. The van der Waals surface area contributed by atoms with Crippen LogP contribution < -0.4 is 5.63 Å². The van der Waals surface area contributed by atoms with Crippen molar-refractivity contribution in [2.45, 2.75) is 26.4 Å². The topological polar surface area (TPSA) is 76.7 Å². The van der Waals surface area contributed by atoms with Crippen molar-refractivity contribution < 1.29 is 19.1 Å². The number of fused-ring (bicyclic) bond motifs is 1. The highest BCUT2D eigenvalue weighted by molar-refractivity contribution is 6.30. The third-order valence-corrected chi connectivity index (χ3v) is 4.31. The molecule has 0 bridgehead atoms. The van der Waals surface area contributed by atoms with Gasteiger partial charge in [0.25, 0.3) is 0 Å². The van der Waals surface area contributed by atoms with Gasteiger partial charge in [0.15, 0.2) is 0 Å². The Bertz CT molecular complexity index is 1010. The number of hydrogen-bond acceptors (Lipinski definition) is 5. The summed E-state index contributed by atoms with van der Waals surface area (Å²) in [6.45, 7) is 1.86. The molecule has 0 aliphatic rings. The number of carbonyl (C=O) groups is 1. The highest BCUT2D eigenvalue weighted by atomic mass is 35.5. The fraction of sp³-hybridized carbons (Fsp3) is 0.200. The summed E-state index contributed by atoms with van der Waals surface area (Å²) in [7, 11) is 0. The summed E-state index contributed by atoms with van der Waals surface area (Å²) in [5.41, 5.74) is 1.74. The normalized spacial score (nSPS) is 10.8. The lowest BCUT2D eigenvalue weighted by Crippen LogP contribution is -2.10. The average Bonchev–Trinajstić information content (AvgIpc) is 2.61. The highest BCUT2D eigenvalue weighted by Gasteiger charge is 2.12. The maximum atomic E-state index is 12.1. The summed E-state index contributed by atoms with van der Waals surface area (Å²) in [6.07, 6.45) is 0.730. The van der Waals surface area contributed by atoms with E-state index in [1.807, 2.05) is 6.92 Å². The number of benzene rings is 2. The number of halogens is 1. The Morgan fingerprint density at radius 3 is 2.58 bits per heavy atom. The molecule has 0 spiro atoms. The smallest absolute Gasteiger partial charge is 0.336 e. The fourth-order valence-corrected chi connectivity index (χ4v) is 2.81. The first-order valence-corrected chi connectivity index (χ1v) is 8.52. The van der Waals surface area contributed by atoms with Crippen molar-refractivity contribution in [2.75, 3.05) is 0 Å². The molecule has 5 nitrogen and oxygen atoms in total. The number of aryl methyl sites for hydroxylation is 1. The molecule has 0 unspecified atom stereocenters. The van der Waals surface area contributed by atoms with Crippen molar-refractivity contribution in [1.82, 2.24) is 0 Å². The molecule has 26 heavy (non-hydrogen) atoms. The molecule has 0 saturated carbocycles. The van der Waals surface area contributed by atoms with Crippen molar-refractivity contribution >= 4 is 28.5 Å². The molecule has 0 saturated heterocycles. The van der Waals surface area contributed by atoms with Crippen molar-refractivity contribution in [1.29, 1.82) is 0 Å². The second-order valence-electron chi connectivity index (χ2n) is 5.89. The molecule has 0 amide bonds. The van der Waals surface area contributed by atoms with Crippen LogP contribution in [0.2, 0.25) is 5.02 Å². The van der Waals surface area contributed by atoms with Crippen molar-refractivity contribution in [2.24, 2.45) is 0 Å². The van der Waals surface area contributed by atoms with Crippen LogP contribution in [0.5, 0.6) is 5.75 Å². The summed E-state index contributed by atoms with van der Waals surface area (Å²) >= 11 is 5.82. The minimum absolute atomic E-state index is 0.0531. The third-order valence-electron chi connectivity index (χ3n) is 4.06. The molecule has 0 aliphatic carbocycles. The van der Waals surface area contributed by atoms with E-state index >= 15 is 0 Å². The van der Waals surface area contributed by atoms with Gasteiger partial charge in [0.2, 0.25) is 0 Å². The average molecular weight is 373 g/mol. The Kier molecular flexibility index (Phi) is 5.28. The van der Waals surface area contributed by atoms with Crippen LogP contribution in [0.3, 0.4) is 0 Å². The predicted octanol–water partition coefficient (Wildman–Crippen LogP) is 4.00. The van der Waals surface area contributed by atoms with Crippen molar-refractivity contribution in [3.05, 3.63) is 74.6 Å². The van der Waals surface area contributed by atoms with Crippen LogP contribution in [0.25, 0.3) is 11.0 Å². The number of esters is 1. The second kappa shape index (κ2) is 7.62. The number of ether oxygens (including phenoxy) is 1. The van der Waals surface area contributed by atoms with Gasteiger partial charge in [0.1, 0.15) is 17.9 Å². The summed E-state index contributed by atoms with van der Waals surface area (Å²) in [5.74, 6) is -0.344. The Morgan fingerprint density at radius 2 is 1.88 bits per heavy atom. The van der Waals surface area contributed by atoms with Gasteiger partial charge < -0.3 is 14.3 Å². The predicted molar refractivity (Wildman–Crippen MR) is 98.5 cm³/mol. The molecule has 0 fully saturated rings. The third kappa shape index (κ3) is 4.06. The molecule has 3 rings (SSSR count). The molecule has 2 aromatic carbocycles. The molecule has 0 radical (unpaired) electrons. The Morgan fingerprint density at radius 1 is 1.15 bits per heavy atom. The van der Waals surface area contributed by atoms with Gasteiger partial charge in [0, 0.05) is 28.1 Å². The van der Waals surface area contributed by atoms with Crippen LogP contribution in [-0.2, 0) is 29.0 Å². The quantitative estimate of drug-likeness (QED) is 0.541. The number of phenols is 1. The van der Waals surface area contributed by atoms with Gasteiger partial charge in [-0.1, -0.05) is 30.7 Å². The van der Waals surface area contributed by atoms with E-state index in [0.717, 1.165) is 11.1 Å². The van der Waals surface area contributed by atoms with Crippen molar-refractivity contribution in [3.63, 3.8) is 0 Å². The minimum Gasteiger partial charge on any atom is -0.508 e. The lowest BCUT2D eigenvalue weighted by Gasteiger charge is -2.09. The number of aromatic hydroxyl groups is 1. The minimum atomic E-state index is -0.565. The van der Waals surface area contributed by atoms with Gasteiger partial charge in [-0.05, 0) is 35.7 Å². The first-order valence-electron chi connectivity index (χ1n) is 8.15. The van der Waals surface area contributed by atoms with Gasteiger partial charge in [-0.25, -0.2) is 4.79 Å². The molecule has 6 heteroatoms. The van der Waals surface area contributed by atoms with Crippen LogP contribution in [0.15, 0.2) is 51.7 Å². The van der Waals surface area contributed by atoms with Gasteiger partial charge in [-0.3, -0.25) is 4.79 Å². The van der Waals surface area contributed by atoms with E-state index in [1.54, 1.807) is 30.3 Å². The lowest BCUT2D eigenvalue weighted by molar-refractivity contribution is -0.144. The molecule has 0 atom stereocenters. The number of carbonyl (C=O) groups excluding carboxylic acids is 1. The van der Waals surface area contributed by atoms with E-state index in [9.17, 15) is 14.7 Å². The summed E-state index contributed by atoms with van der Waals surface area (Å²) < 4.78 is 10.4. The number of phenolic OH excluding ortho intramolecular Hbond substituents is 1. The molecule has 1 N–H and O–H groups in total. The Hall–Kier alpha value is -2.79. The number of hydrogen-bond donors (Lipinski definition) is 1. The van der Waals surface area contributed by atoms with Crippen LogP contribution in [-0.4, -0.2) is 11.1 Å². The van der Waals surface area contributed by atoms with Gasteiger partial charge >= 0.3 is 11.6 Å². The van der Waals surface area contributed by atoms with Gasteiger partial charge in [-0.2, -0.15) is 0 Å². The van der Waals surface area contributed by atoms with Gasteiger partial charge in [-0.15, -0.1) is 0 Å². The molecule has 134 valence electrons. The van der Waals surface area contributed by atoms with Gasteiger partial charge in [0.05, 0.1) is 6.42 Å². The van der Waals surface area contributed by atoms with Crippen LogP contribution in [0.1, 0.15) is 23.6 Å². The maximum Gasteiger partial charge on any atom is 0.336 e. The Balaban J connectivity index is 1.80. The van der Waals surface area contributed by atoms with E-state index in [-0.39, 0.29) is 24.4 Å². The Labute approximate surface area is 154 Å². The molecule has 0 aliphatic heterocycles. The summed E-state index contributed by atoms with van der Waals surface area (Å²) in [6, 6.07) is 11.4. The van der Waals surface area contributed by atoms with E-state index in [1.165, 1.54) is 12.1 Å². The lowest BCUT2D eigenvalue weighted by atomic mass is 10.0. The molecule has 3 aromatic rings. The van der Waals surface area contributed by atoms with Crippen molar-refractivity contribution in [3.8, 4) is 5.75 Å². The zero-order valence-corrected chi connectivity index (χ0v) is 14.9. The molecule has 1 aromatic heterocycles. The van der Waals surface area contributed by atoms with E-state index in [0.29, 0.717) is 22.4 Å². The monoisotopic (exact) mass is 372 g/mol. The van der Waals surface area contributed by atoms with Crippen LogP contribution in [0.4, 0.5) is 0 Å². The van der Waals surface area contributed by atoms with E-state index < -0.39 is 11.6 Å². The standard InChI is InChI=1S/C20H17ClO5/c1-2-13-8-16-14(9-20(24)26-18(16)10-17(13)22)11-25-19(23)7-12-3-5-15(21)6-4-12/h3-6,8-10,22H,2,7,11H2,1H3. The summed E-state index contributed by atoms with van der Waals surface area (Å²) in [5, 5.41) is 11.2. The first-order chi connectivity index (χ1) is 12.5. The fourth-order valence-electron chi connectivity index (χ4n) is 2.69. The molecule has 1 heterocycles. The summed E-state index contributed by atoms with van der Waals surface area (Å²) in [4.78, 5) is 23.8.